The van der Waals surface area contributed by atoms with Gasteiger partial charge >= 0.3 is 59.1 Å². The van der Waals surface area contributed by atoms with E-state index in [0.717, 1.165) is 18.3 Å². The fraction of sp³-hybridized carbons (Fsp3) is 0. The second-order valence-electron chi connectivity index (χ2n) is 2.01. The van der Waals surface area contributed by atoms with Gasteiger partial charge in [0.1, 0.15) is 0 Å². The summed E-state index contributed by atoms with van der Waals surface area (Å²) in [5.74, 6) is -2.84. The van der Waals surface area contributed by atoms with Gasteiger partial charge in [-0.3, -0.25) is 4.98 Å². The minimum Gasteiger partial charge on any atom is -0.545 e. The Balaban J connectivity index is 0. The summed E-state index contributed by atoms with van der Waals surface area (Å²) in [4.78, 5) is 23.6. The van der Waals surface area contributed by atoms with Gasteiger partial charge in [0.15, 0.2) is 0 Å². The molecule has 0 aliphatic rings. The zero-order chi connectivity index (χ0) is 9.14. The second-order valence-corrected chi connectivity index (χ2v) is 2.01. The van der Waals surface area contributed by atoms with Crippen molar-refractivity contribution in [3.63, 3.8) is 0 Å². The summed E-state index contributed by atoms with van der Waals surface area (Å²) in [7, 11) is 0. The second kappa shape index (κ2) is 7.39. The Bertz CT molecular complexity index is 292. The first-order valence-electron chi connectivity index (χ1n) is 3.00. The summed E-state index contributed by atoms with van der Waals surface area (Å²) in [6, 6.07) is 2.13. The number of aromatic nitrogens is 1. The predicted octanol–water partition coefficient (Wildman–Crippen LogP) is -8.18. The van der Waals surface area contributed by atoms with Crippen LogP contribution < -0.4 is 69.3 Å². The van der Waals surface area contributed by atoms with Gasteiger partial charge in [0, 0.05) is 11.8 Å². The predicted molar refractivity (Wildman–Crippen MR) is 32.9 cm³/mol. The maximum atomic E-state index is 10.2. The van der Waals surface area contributed by atoms with Crippen LogP contribution in [-0.4, -0.2) is 16.9 Å². The molecule has 7 heteroatoms. The van der Waals surface area contributed by atoms with E-state index in [9.17, 15) is 19.8 Å². The van der Waals surface area contributed by atoms with Crippen molar-refractivity contribution >= 4 is 11.9 Å². The van der Waals surface area contributed by atoms with E-state index in [2.05, 4.69) is 4.98 Å². The van der Waals surface area contributed by atoms with Crippen molar-refractivity contribution in [2.75, 3.05) is 0 Å². The van der Waals surface area contributed by atoms with Gasteiger partial charge in [0.2, 0.25) is 0 Å². The fourth-order valence-electron chi connectivity index (χ4n) is 0.635. The van der Waals surface area contributed by atoms with Crippen molar-refractivity contribution in [3.05, 3.63) is 29.6 Å². The average Bonchev–Trinajstić information content (AvgIpc) is 2.04. The van der Waals surface area contributed by atoms with E-state index in [1.165, 1.54) is 0 Å². The van der Waals surface area contributed by atoms with Crippen LogP contribution in [0.25, 0.3) is 0 Å². The Kier molecular flexibility index (Phi) is 8.72. The van der Waals surface area contributed by atoms with Crippen LogP contribution in [-0.2, 0) is 0 Å². The molecule has 0 aromatic carbocycles. The smallest absolute Gasteiger partial charge is 0.545 e. The van der Waals surface area contributed by atoms with Crippen LogP contribution in [0.3, 0.4) is 0 Å². The third-order valence-electron chi connectivity index (χ3n) is 1.21. The Morgan fingerprint density at radius 1 is 1.07 bits per heavy atom. The molecule has 1 aromatic rings. The zero-order valence-electron chi connectivity index (χ0n) is 7.81. The van der Waals surface area contributed by atoms with Gasteiger partial charge in [-0.2, -0.15) is 0 Å². The maximum absolute atomic E-state index is 10.2. The quantitative estimate of drug-likeness (QED) is 0.453. The van der Waals surface area contributed by atoms with E-state index >= 15 is 0 Å². The third kappa shape index (κ3) is 4.54. The maximum Gasteiger partial charge on any atom is 1.00 e. The van der Waals surface area contributed by atoms with Crippen LogP contribution in [0.2, 0.25) is 0 Å². The van der Waals surface area contributed by atoms with E-state index in [1.807, 2.05) is 0 Å². The van der Waals surface area contributed by atoms with Crippen molar-refractivity contribution in [2.45, 2.75) is 0 Å². The van der Waals surface area contributed by atoms with Crippen LogP contribution >= 0.6 is 0 Å². The molecule has 0 radical (unpaired) electrons. The van der Waals surface area contributed by atoms with Crippen molar-refractivity contribution in [2.24, 2.45) is 0 Å². The van der Waals surface area contributed by atoms with Gasteiger partial charge in [-0.15, -0.1) is 0 Å². The number of carbonyl (C=O) groups excluding carboxylic acids is 2. The molecule has 0 bridgehead atoms. The molecule has 0 atom stereocenters. The van der Waals surface area contributed by atoms with Crippen molar-refractivity contribution in [1.82, 2.24) is 4.98 Å². The van der Waals surface area contributed by atoms with E-state index < -0.39 is 11.9 Å². The molecule has 0 unspecified atom stereocenters. The van der Waals surface area contributed by atoms with E-state index in [0.29, 0.717) is 0 Å². The van der Waals surface area contributed by atoms with E-state index in [4.69, 9.17) is 0 Å². The first-order valence-corrected chi connectivity index (χ1v) is 3.00. The number of aromatic carboxylic acids is 2. The first kappa shape index (κ1) is 16.5. The van der Waals surface area contributed by atoms with Crippen LogP contribution in [0.15, 0.2) is 18.3 Å². The first-order chi connectivity index (χ1) is 5.61. The zero-order valence-corrected chi connectivity index (χ0v) is 11.8. The summed E-state index contributed by atoms with van der Waals surface area (Å²) >= 11 is 0. The number of rotatable bonds is 2. The third-order valence-corrected chi connectivity index (χ3v) is 1.21. The molecule has 0 saturated heterocycles. The molecule has 1 heterocycles. The SMILES string of the molecule is O=C([O-])c1ccc(C(=O)[O-])nc1.[Na+].[Na+]. The molecule has 0 aliphatic carbocycles. The summed E-state index contributed by atoms with van der Waals surface area (Å²) in [6.45, 7) is 0. The Labute approximate surface area is 124 Å². The van der Waals surface area contributed by atoms with Crippen molar-refractivity contribution < 1.29 is 78.9 Å². The van der Waals surface area contributed by atoms with Crippen molar-refractivity contribution in [3.8, 4) is 0 Å². The monoisotopic (exact) mass is 211 g/mol. The topological polar surface area (TPSA) is 93.1 Å². The normalized spacial score (nSPS) is 8.00. The molecule has 0 N–H and O–H groups in total. The summed E-state index contributed by atoms with van der Waals surface area (Å²) in [6.07, 6.45) is 0.903. The molecule has 0 fully saturated rings. The number of hydrogen-bond donors (Lipinski definition) is 0. The van der Waals surface area contributed by atoms with Gasteiger partial charge < -0.3 is 19.8 Å². The van der Waals surface area contributed by atoms with Gasteiger partial charge in [0.25, 0.3) is 0 Å². The average molecular weight is 211 g/mol. The van der Waals surface area contributed by atoms with Gasteiger partial charge in [-0.1, -0.05) is 0 Å². The molecule has 1 aromatic heterocycles. The number of pyridine rings is 1. The van der Waals surface area contributed by atoms with Crippen LogP contribution in [0, 0.1) is 0 Å². The Morgan fingerprint density at radius 3 is 1.93 bits per heavy atom. The molecule has 1 rings (SSSR count). The van der Waals surface area contributed by atoms with Gasteiger partial charge in [-0.05, 0) is 12.1 Å². The minimum absolute atomic E-state index is 0. The van der Waals surface area contributed by atoms with Crippen LogP contribution in [0.5, 0.6) is 0 Å². The number of hydrogen-bond acceptors (Lipinski definition) is 5. The number of carbonyl (C=O) groups is 2. The molecule has 62 valence electrons. The largest absolute Gasteiger partial charge is 1.00 e. The van der Waals surface area contributed by atoms with Gasteiger partial charge in [-0.25, -0.2) is 0 Å². The molecule has 0 saturated carbocycles. The Morgan fingerprint density at radius 2 is 1.64 bits per heavy atom. The fourth-order valence-corrected chi connectivity index (χ4v) is 0.635. The van der Waals surface area contributed by atoms with Crippen LogP contribution in [0.4, 0.5) is 0 Å². The summed E-state index contributed by atoms with van der Waals surface area (Å²) < 4.78 is 0. The van der Waals surface area contributed by atoms with Crippen molar-refractivity contribution in [1.29, 1.82) is 0 Å². The van der Waals surface area contributed by atoms with E-state index in [1.54, 1.807) is 0 Å². The molecule has 0 spiro atoms. The molecule has 0 amide bonds. The summed E-state index contributed by atoms with van der Waals surface area (Å²) in [5, 5.41) is 20.3. The minimum atomic E-state index is -1.44. The molecule has 5 nitrogen and oxygen atoms in total. The van der Waals surface area contributed by atoms with E-state index in [-0.39, 0.29) is 70.4 Å². The molecular formula is C7H3NNa2O4. The van der Waals surface area contributed by atoms with Gasteiger partial charge in [0.05, 0.1) is 17.6 Å². The molecular weight excluding hydrogens is 208 g/mol. The van der Waals surface area contributed by atoms with Crippen LogP contribution in [0.1, 0.15) is 20.8 Å². The summed E-state index contributed by atoms with van der Waals surface area (Å²) in [5.41, 5.74) is -0.472. The number of carboxylic acid groups (broad SMARTS) is 2. The number of carboxylic acids is 2. The standard InChI is InChI=1S/C7H5NO4.2Na/c9-6(10)4-1-2-5(7(11)12)8-3-4;;/h1-3H,(H,9,10)(H,11,12);;/q;2*+1/p-2. The Hall–Kier alpha value is 0.0900. The molecule has 0 aliphatic heterocycles. The number of nitrogens with zero attached hydrogens (tertiary/aromatic N) is 1. The molecule has 14 heavy (non-hydrogen) atoms.